The van der Waals surface area contributed by atoms with Crippen molar-refractivity contribution in [3.63, 3.8) is 0 Å². The summed E-state index contributed by atoms with van der Waals surface area (Å²) >= 11 is 5.94. The summed E-state index contributed by atoms with van der Waals surface area (Å²) in [6.45, 7) is 5.83. The Hall–Kier alpha value is -3.05. The number of nitriles is 1. The number of rotatable bonds is 5. The normalized spacial score (nSPS) is 24.3. The second kappa shape index (κ2) is 8.47. The van der Waals surface area contributed by atoms with Crippen molar-refractivity contribution < 1.29 is 9.59 Å². The van der Waals surface area contributed by atoms with Gasteiger partial charge in [0.05, 0.1) is 18.0 Å². The molecule has 32 heavy (non-hydrogen) atoms. The van der Waals surface area contributed by atoms with Crippen molar-refractivity contribution in [2.24, 2.45) is 23.0 Å². The molecule has 2 aliphatic rings. The molecule has 168 valence electrons. The average Bonchev–Trinajstić information content (AvgIpc) is 3.16. The number of amides is 2. The minimum absolute atomic E-state index is 0.145. The summed E-state index contributed by atoms with van der Waals surface area (Å²) in [6.07, 6.45) is 3.40. The van der Waals surface area contributed by atoms with Gasteiger partial charge in [-0.15, -0.1) is 0 Å². The largest absolute Gasteiger partial charge is 0.365 e. The number of nitrogens with one attached hydrogen (secondary N) is 1. The Morgan fingerprint density at radius 2 is 1.94 bits per heavy atom. The van der Waals surface area contributed by atoms with E-state index in [4.69, 9.17) is 17.3 Å². The molecule has 2 aromatic rings. The number of benzene rings is 1. The van der Waals surface area contributed by atoms with Gasteiger partial charge in [-0.05, 0) is 48.9 Å². The molecule has 2 heterocycles. The first-order valence-corrected chi connectivity index (χ1v) is 11.1. The first-order chi connectivity index (χ1) is 15.2. The quantitative estimate of drug-likeness (QED) is 0.713. The lowest BCUT2D eigenvalue weighted by atomic mass is 9.76. The van der Waals surface area contributed by atoms with Gasteiger partial charge >= 0.3 is 0 Å². The lowest BCUT2D eigenvalue weighted by Gasteiger charge is -2.48. The van der Waals surface area contributed by atoms with Crippen LogP contribution in [0.2, 0.25) is 5.02 Å². The molecular formula is C23H27ClN6O2. The number of hydrogen-bond acceptors (Lipinski definition) is 5. The Kier molecular flexibility index (Phi) is 5.87. The monoisotopic (exact) mass is 454 g/mol. The highest BCUT2D eigenvalue weighted by atomic mass is 35.5. The Labute approximate surface area is 192 Å². The summed E-state index contributed by atoms with van der Waals surface area (Å²) < 4.78 is 1.65. The molecule has 2 amide bonds. The molecule has 0 radical (unpaired) electrons. The van der Waals surface area contributed by atoms with Gasteiger partial charge in [0.1, 0.15) is 5.56 Å². The third-order valence-corrected chi connectivity index (χ3v) is 6.57. The van der Waals surface area contributed by atoms with Crippen molar-refractivity contribution in [2.75, 3.05) is 18.4 Å². The van der Waals surface area contributed by atoms with Gasteiger partial charge in [0.2, 0.25) is 5.91 Å². The van der Waals surface area contributed by atoms with E-state index in [9.17, 15) is 14.9 Å². The molecule has 0 spiro atoms. The van der Waals surface area contributed by atoms with Gasteiger partial charge in [-0.25, -0.2) is 0 Å². The molecule has 1 aromatic heterocycles. The van der Waals surface area contributed by atoms with E-state index in [2.05, 4.69) is 30.3 Å². The van der Waals surface area contributed by atoms with Crippen LogP contribution >= 0.6 is 11.6 Å². The van der Waals surface area contributed by atoms with E-state index in [1.807, 2.05) is 4.90 Å². The Bertz CT molecular complexity index is 1060. The molecule has 8 nitrogen and oxygen atoms in total. The minimum Gasteiger partial charge on any atom is -0.365 e. The Balaban J connectivity index is 1.50. The van der Waals surface area contributed by atoms with E-state index in [0.29, 0.717) is 35.8 Å². The maximum Gasteiger partial charge on any atom is 0.254 e. The molecule has 3 atom stereocenters. The highest BCUT2D eigenvalue weighted by Crippen LogP contribution is 2.40. The van der Waals surface area contributed by atoms with Crippen LogP contribution in [0, 0.1) is 28.6 Å². The topological polar surface area (TPSA) is 117 Å². The fourth-order valence-corrected chi connectivity index (χ4v) is 4.87. The average molecular weight is 455 g/mol. The zero-order valence-electron chi connectivity index (χ0n) is 18.2. The summed E-state index contributed by atoms with van der Waals surface area (Å²) in [5, 5.41) is 18.1. The Morgan fingerprint density at radius 3 is 2.53 bits per heavy atom. The van der Waals surface area contributed by atoms with Crippen LogP contribution < -0.4 is 11.1 Å². The van der Waals surface area contributed by atoms with E-state index in [0.717, 1.165) is 13.1 Å². The molecule has 4 rings (SSSR count). The van der Waals surface area contributed by atoms with E-state index in [1.165, 1.54) is 0 Å². The fourth-order valence-electron chi connectivity index (χ4n) is 4.74. The number of nitrogens with zero attached hydrogens (tertiary/aromatic N) is 4. The molecule has 3 unspecified atom stereocenters. The molecule has 3 N–H and O–H groups in total. The van der Waals surface area contributed by atoms with Crippen molar-refractivity contribution in [3.05, 3.63) is 41.0 Å². The van der Waals surface area contributed by atoms with Crippen LogP contribution in [0.3, 0.4) is 0 Å². The zero-order chi connectivity index (χ0) is 23.0. The first-order valence-electron chi connectivity index (χ1n) is 10.8. The fraction of sp³-hybridized carbons (Fsp3) is 0.478. The molecular weight excluding hydrogens is 428 g/mol. The second-order valence-corrected chi connectivity index (χ2v) is 9.98. The van der Waals surface area contributed by atoms with Crippen molar-refractivity contribution in [3.8, 4) is 6.07 Å². The van der Waals surface area contributed by atoms with Gasteiger partial charge in [-0.1, -0.05) is 25.4 Å². The SMILES string of the molecule is CC1(C)CN(C(=O)C2CCC(n3cc(C(N)=O)c(Nc4ccc(Cl)cc4)n3)C(C#N)C2)C1. The first kappa shape index (κ1) is 22.2. The van der Waals surface area contributed by atoms with Crippen LogP contribution in [-0.4, -0.2) is 39.6 Å². The van der Waals surface area contributed by atoms with Gasteiger partial charge < -0.3 is 16.0 Å². The van der Waals surface area contributed by atoms with Crippen LogP contribution in [-0.2, 0) is 4.79 Å². The van der Waals surface area contributed by atoms with Crippen LogP contribution in [0.1, 0.15) is 49.5 Å². The summed E-state index contributed by atoms with van der Waals surface area (Å²) in [4.78, 5) is 26.8. The predicted molar refractivity (Wildman–Crippen MR) is 121 cm³/mol. The number of aromatic nitrogens is 2. The van der Waals surface area contributed by atoms with E-state index >= 15 is 0 Å². The molecule has 2 fully saturated rings. The maximum atomic E-state index is 12.9. The maximum absolute atomic E-state index is 12.9. The highest BCUT2D eigenvalue weighted by Gasteiger charge is 2.43. The van der Waals surface area contributed by atoms with Crippen molar-refractivity contribution >= 4 is 34.9 Å². The molecule has 9 heteroatoms. The van der Waals surface area contributed by atoms with Crippen LogP contribution in [0.15, 0.2) is 30.5 Å². The second-order valence-electron chi connectivity index (χ2n) is 9.54. The summed E-state index contributed by atoms with van der Waals surface area (Å²) in [7, 11) is 0. The number of carbonyl (C=O) groups is 2. The smallest absolute Gasteiger partial charge is 0.254 e. The standard InChI is InChI=1S/C23H27ClN6O2/c1-23(2)12-29(13-23)22(32)14-3-8-19(15(9-14)10-25)30-11-18(20(26)31)21(28-30)27-17-6-4-16(24)5-7-17/h4-7,11,14-15,19H,3,8-9,12-13H2,1-2H3,(H2,26,31)(H,27,28). The van der Waals surface area contributed by atoms with Crippen molar-refractivity contribution in [1.82, 2.24) is 14.7 Å². The number of hydrogen-bond donors (Lipinski definition) is 2. The van der Waals surface area contributed by atoms with Crippen LogP contribution in [0.25, 0.3) is 0 Å². The van der Waals surface area contributed by atoms with E-state index < -0.39 is 5.91 Å². The highest BCUT2D eigenvalue weighted by molar-refractivity contribution is 6.30. The number of likely N-dealkylation sites (tertiary alicyclic amines) is 1. The molecule has 1 aliphatic heterocycles. The molecule has 1 aromatic carbocycles. The third-order valence-electron chi connectivity index (χ3n) is 6.32. The van der Waals surface area contributed by atoms with Crippen LogP contribution in [0.5, 0.6) is 0 Å². The summed E-state index contributed by atoms with van der Waals surface area (Å²) in [5.74, 6) is -0.657. The number of halogens is 1. The molecule has 0 bridgehead atoms. The lowest BCUT2D eigenvalue weighted by molar-refractivity contribution is -0.147. The Morgan fingerprint density at radius 1 is 1.25 bits per heavy atom. The van der Waals surface area contributed by atoms with Gasteiger partial charge in [-0.2, -0.15) is 10.4 Å². The van der Waals surface area contributed by atoms with Crippen molar-refractivity contribution in [2.45, 2.75) is 39.2 Å². The van der Waals surface area contributed by atoms with E-state index in [1.54, 1.807) is 35.1 Å². The van der Waals surface area contributed by atoms with Gasteiger partial charge in [0.15, 0.2) is 5.82 Å². The van der Waals surface area contributed by atoms with E-state index in [-0.39, 0.29) is 34.8 Å². The number of carbonyl (C=O) groups excluding carboxylic acids is 2. The predicted octanol–water partition coefficient (Wildman–Crippen LogP) is 3.73. The van der Waals surface area contributed by atoms with Gasteiger partial charge in [0.25, 0.3) is 5.91 Å². The van der Waals surface area contributed by atoms with Crippen LogP contribution in [0.4, 0.5) is 11.5 Å². The zero-order valence-corrected chi connectivity index (χ0v) is 19.0. The molecule has 1 saturated heterocycles. The number of primary amides is 1. The minimum atomic E-state index is -0.606. The van der Waals surface area contributed by atoms with Gasteiger partial charge in [0, 0.05) is 35.9 Å². The third kappa shape index (κ3) is 4.44. The number of nitrogens with two attached hydrogens (primary N) is 1. The lowest BCUT2D eigenvalue weighted by Crippen LogP contribution is -2.57. The van der Waals surface area contributed by atoms with Gasteiger partial charge in [-0.3, -0.25) is 14.3 Å². The molecule has 1 saturated carbocycles. The molecule has 1 aliphatic carbocycles. The summed E-state index contributed by atoms with van der Waals surface area (Å²) in [6, 6.07) is 9.15. The van der Waals surface area contributed by atoms with Crippen molar-refractivity contribution in [1.29, 1.82) is 5.26 Å². The summed E-state index contributed by atoms with van der Waals surface area (Å²) in [5.41, 5.74) is 6.71. The number of anilines is 2.